The van der Waals surface area contributed by atoms with Crippen LogP contribution in [0.2, 0.25) is 0 Å². The lowest BCUT2D eigenvalue weighted by molar-refractivity contribution is 0.0937. The van der Waals surface area contributed by atoms with Gasteiger partial charge in [-0.1, -0.05) is 0 Å². The van der Waals surface area contributed by atoms with Crippen molar-refractivity contribution in [1.82, 2.24) is 5.32 Å². The zero-order valence-corrected chi connectivity index (χ0v) is 10.3. The average molecular weight is 246 g/mol. The summed E-state index contributed by atoms with van der Waals surface area (Å²) in [5, 5.41) is 3.06. The Kier molecular flexibility index (Phi) is 2.96. The lowest BCUT2D eigenvalue weighted by Crippen LogP contribution is -2.34. The van der Waals surface area contributed by atoms with Crippen LogP contribution in [0.4, 0.5) is 0 Å². The molecular formula is C14H18N2O2. The molecule has 1 saturated carbocycles. The van der Waals surface area contributed by atoms with E-state index >= 15 is 0 Å². The van der Waals surface area contributed by atoms with E-state index in [1.807, 2.05) is 18.2 Å². The van der Waals surface area contributed by atoms with Gasteiger partial charge in [0.05, 0.1) is 6.61 Å². The highest BCUT2D eigenvalue weighted by Crippen LogP contribution is 2.26. The van der Waals surface area contributed by atoms with E-state index in [-0.39, 0.29) is 18.0 Å². The molecule has 2 aliphatic rings. The number of carbonyl (C=O) groups excluding carboxylic acids is 1. The van der Waals surface area contributed by atoms with E-state index in [0.29, 0.717) is 0 Å². The predicted molar refractivity (Wildman–Crippen MR) is 68.7 cm³/mol. The van der Waals surface area contributed by atoms with Crippen molar-refractivity contribution in [3.63, 3.8) is 0 Å². The molecule has 1 aliphatic carbocycles. The number of nitrogens with one attached hydrogen (secondary N) is 1. The molecule has 2 unspecified atom stereocenters. The van der Waals surface area contributed by atoms with Crippen molar-refractivity contribution in [2.24, 2.45) is 5.73 Å². The average Bonchev–Trinajstić information content (AvgIpc) is 2.96. The molecule has 4 nitrogen and oxygen atoms in total. The number of benzene rings is 1. The van der Waals surface area contributed by atoms with E-state index in [2.05, 4.69) is 5.32 Å². The molecule has 0 spiro atoms. The number of carbonyl (C=O) groups is 1. The molecule has 0 radical (unpaired) electrons. The fraction of sp³-hybridized carbons (Fsp3) is 0.500. The van der Waals surface area contributed by atoms with Crippen molar-refractivity contribution in [2.75, 3.05) is 6.61 Å². The summed E-state index contributed by atoms with van der Waals surface area (Å²) in [6, 6.07) is 6.12. The third-order valence-electron chi connectivity index (χ3n) is 3.76. The number of fused-ring (bicyclic) bond motifs is 1. The SMILES string of the molecule is NC1CCC(NC(=O)c2ccc3c(c2)CCO3)C1. The largest absolute Gasteiger partial charge is 0.493 e. The summed E-state index contributed by atoms with van der Waals surface area (Å²) in [4.78, 5) is 12.1. The van der Waals surface area contributed by atoms with Crippen LogP contribution in [0.25, 0.3) is 0 Å². The van der Waals surface area contributed by atoms with Gasteiger partial charge in [0.1, 0.15) is 5.75 Å². The minimum Gasteiger partial charge on any atom is -0.493 e. The highest BCUT2D eigenvalue weighted by molar-refractivity contribution is 5.94. The molecule has 3 rings (SSSR count). The lowest BCUT2D eigenvalue weighted by atomic mass is 10.1. The molecule has 1 aliphatic heterocycles. The minimum atomic E-state index is 0.00352. The monoisotopic (exact) mass is 246 g/mol. The highest BCUT2D eigenvalue weighted by Gasteiger charge is 2.24. The Bertz CT molecular complexity index is 473. The maximum absolute atomic E-state index is 12.1. The Hall–Kier alpha value is -1.55. The molecule has 1 aromatic rings. The van der Waals surface area contributed by atoms with Crippen LogP contribution in [-0.4, -0.2) is 24.6 Å². The topological polar surface area (TPSA) is 64.3 Å². The molecule has 0 aromatic heterocycles. The van der Waals surface area contributed by atoms with E-state index in [9.17, 15) is 4.79 Å². The van der Waals surface area contributed by atoms with Crippen LogP contribution in [0.15, 0.2) is 18.2 Å². The number of amides is 1. The van der Waals surface area contributed by atoms with Crippen LogP contribution in [0, 0.1) is 0 Å². The number of hydrogen-bond donors (Lipinski definition) is 2. The van der Waals surface area contributed by atoms with Crippen molar-refractivity contribution in [1.29, 1.82) is 0 Å². The van der Waals surface area contributed by atoms with Gasteiger partial charge in [-0.05, 0) is 43.0 Å². The van der Waals surface area contributed by atoms with Gasteiger partial charge >= 0.3 is 0 Å². The predicted octanol–water partition coefficient (Wildman–Crippen LogP) is 1.23. The Morgan fingerprint density at radius 3 is 3.06 bits per heavy atom. The smallest absolute Gasteiger partial charge is 0.251 e. The van der Waals surface area contributed by atoms with Crippen LogP contribution in [0.1, 0.15) is 35.2 Å². The Morgan fingerprint density at radius 1 is 1.39 bits per heavy atom. The Balaban J connectivity index is 1.69. The van der Waals surface area contributed by atoms with Crippen LogP contribution in [0.3, 0.4) is 0 Å². The van der Waals surface area contributed by atoms with Crippen molar-refractivity contribution >= 4 is 5.91 Å². The summed E-state index contributed by atoms with van der Waals surface area (Å²) in [6.45, 7) is 0.720. The Morgan fingerprint density at radius 2 is 2.28 bits per heavy atom. The lowest BCUT2D eigenvalue weighted by Gasteiger charge is -2.12. The second kappa shape index (κ2) is 4.61. The van der Waals surface area contributed by atoms with Crippen molar-refractivity contribution < 1.29 is 9.53 Å². The fourth-order valence-electron chi connectivity index (χ4n) is 2.74. The third-order valence-corrected chi connectivity index (χ3v) is 3.76. The molecule has 3 N–H and O–H groups in total. The zero-order valence-electron chi connectivity index (χ0n) is 10.3. The first-order valence-electron chi connectivity index (χ1n) is 6.54. The van der Waals surface area contributed by atoms with Gasteiger partial charge in [-0.3, -0.25) is 4.79 Å². The number of ether oxygens (including phenoxy) is 1. The van der Waals surface area contributed by atoms with Gasteiger partial charge in [0.25, 0.3) is 5.91 Å². The van der Waals surface area contributed by atoms with E-state index in [4.69, 9.17) is 10.5 Å². The normalized spacial score (nSPS) is 25.6. The number of nitrogens with two attached hydrogens (primary N) is 1. The first-order chi connectivity index (χ1) is 8.72. The van der Waals surface area contributed by atoms with E-state index in [0.717, 1.165) is 49.2 Å². The van der Waals surface area contributed by atoms with Gasteiger partial charge in [0, 0.05) is 24.1 Å². The summed E-state index contributed by atoms with van der Waals surface area (Å²) < 4.78 is 5.43. The highest BCUT2D eigenvalue weighted by atomic mass is 16.5. The van der Waals surface area contributed by atoms with Gasteiger partial charge < -0.3 is 15.8 Å². The summed E-state index contributed by atoms with van der Waals surface area (Å²) in [6.07, 6.45) is 3.77. The second-order valence-corrected chi connectivity index (χ2v) is 5.16. The molecule has 2 atom stereocenters. The van der Waals surface area contributed by atoms with Gasteiger partial charge in [-0.15, -0.1) is 0 Å². The van der Waals surface area contributed by atoms with Crippen molar-refractivity contribution in [2.45, 2.75) is 37.8 Å². The molecule has 1 amide bonds. The maximum Gasteiger partial charge on any atom is 0.251 e. The molecular weight excluding hydrogens is 228 g/mol. The quantitative estimate of drug-likeness (QED) is 0.825. The molecule has 18 heavy (non-hydrogen) atoms. The fourth-order valence-corrected chi connectivity index (χ4v) is 2.74. The van der Waals surface area contributed by atoms with E-state index in [1.54, 1.807) is 0 Å². The third kappa shape index (κ3) is 2.20. The molecule has 4 heteroatoms. The van der Waals surface area contributed by atoms with E-state index < -0.39 is 0 Å². The standard InChI is InChI=1S/C14H18N2O2/c15-11-2-3-12(8-11)16-14(17)10-1-4-13-9(7-10)5-6-18-13/h1,4,7,11-12H,2-3,5-6,8,15H2,(H,16,17). The molecule has 1 heterocycles. The van der Waals surface area contributed by atoms with E-state index in [1.165, 1.54) is 0 Å². The molecule has 96 valence electrons. The minimum absolute atomic E-state index is 0.00352. The van der Waals surface area contributed by atoms with Gasteiger partial charge in [0.15, 0.2) is 0 Å². The van der Waals surface area contributed by atoms with Crippen LogP contribution in [0.5, 0.6) is 5.75 Å². The van der Waals surface area contributed by atoms with Crippen LogP contribution < -0.4 is 15.8 Å². The molecule has 1 aromatic carbocycles. The second-order valence-electron chi connectivity index (χ2n) is 5.16. The zero-order chi connectivity index (χ0) is 12.5. The Labute approximate surface area is 107 Å². The van der Waals surface area contributed by atoms with Gasteiger partial charge in [0.2, 0.25) is 0 Å². The number of hydrogen-bond acceptors (Lipinski definition) is 3. The summed E-state index contributed by atoms with van der Waals surface area (Å²) >= 11 is 0. The molecule has 1 fully saturated rings. The molecule has 0 saturated heterocycles. The first-order valence-corrected chi connectivity index (χ1v) is 6.54. The van der Waals surface area contributed by atoms with Crippen molar-refractivity contribution in [3.8, 4) is 5.75 Å². The summed E-state index contributed by atoms with van der Waals surface area (Å²) in [5.74, 6) is 0.915. The first kappa shape index (κ1) is 11.5. The molecule has 0 bridgehead atoms. The van der Waals surface area contributed by atoms with Crippen LogP contribution >= 0.6 is 0 Å². The number of rotatable bonds is 2. The van der Waals surface area contributed by atoms with Crippen molar-refractivity contribution in [3.05, 3.63) is 29.3 Å². The summed E-state index contributed by atoms with van der Waals surface area (Å²) in [5.41, 5.74) is 7.70. The maximum atomic E-state index is 12.1. The van der Waals surface area contributed by atoms with Gasteiger partial charge in [-0.2, -0.15) is 0 Å². The van der Waals surface area contributed by atoms with Gasteiger partial charge in [-0.25, -0.2) is 0 Å². The summed E-state index contributed by atoms with van der Waals surface area (Å²) in [7, 11) is 0. The van der Waals surface area contributed by atoms with Crippen LogP contribution in [-0.2, 0) is 6.42 Å².